The van der Waals surface area contributed by atoms with E-state index < -0.39 is 5.60 Å². The van der Waals surface area contributed by atoms with Gasteiger partial charge in [0.2, 0.25) is 0 Å². The second-order valence-corrected chi connectivity index (χ2v) is 5.23. The van der Waals surface area contributed by atoms with Crippen molar-refractivity contribution in [2.45, 2.75) is 37.3 Å². The molecule has 1 aliphatic carbocycles. The first-order valence-corrected chi connectivity index (χ1v) is 6.55. The summed E-state index contributed by atoms with van der Waals surface area (Å²) in [5, 5.41) is 10.7. The Morgan fingerprint density at radius 3 is 2.50 bits per heavy atom. The highest BCUT2D eigenvalue weighted by Crippen LogP contribution is 2.40. The number of nitrogens with two attached hydrogens (primary N) is 1. The fourth-order valence-corrected chi connectivity index (χ4v) is 2.74. The third-order valence-electron chi connectivity index (χ3n) is 3.94. The van der Waals surface area contributed by atoms with E-state index in [2.05, 4.69) is 0 Å². The van der Waals surface area contributed by atoms with Crippen molar-refractivity contribution in [2.24, 2.45) is 5.73 Å². The zero-order valence-electron chi connectivity index (χ0n) is 10.4. The summed E-state index contributed by atoms with van der Waals surface area (Å²) < 4.78 is 11.0. The van der Waals surface area contributed by atoms with Gasteiger partial charge in [-0.3, -0.25) is 0 Å². The molecule has 1 aromatic carbocycles. The van der Waals surface area contributed by atoms with E-state index in [1.54, 1.807) is 0 Å². The minimum absolute atomic E-state index is 0.225. The average molecular weight is 249 g/mol. The predicted molar refractivity (Wildman–Crippen MR) is 67.8 cm³/mol. The first-order chi connectivity index (χ1) is 8.67. The molecular formula is C14H19NO3. The maximum atomic E-state index is 10.7. The van der Waals surface area contributed by atoms with Gasteiger partial charge in [0.05, 0.1) is 5.60 Å². The first-order valence-electron chi connectivity index (χ1n) is 6.55. The van der Waals surface area contributed by atoms with Gasteiger partial charge in [0.1, 0.15) is 13.2 Å². The van der Waals surface area contributed by atoms with Gasteiger partial charge in [-0.15, -0.1) is 0 Å². The molecule has 1 fully saturated rings. The lowest BCUT2D eigenvalue weighted by molar-refractivity contribution is -0.00534. The van der Waals surface area contributed by atoms with Gasteiger partial charge >= 0.3 is 0 Å². The van der Waals surface area contributed by atoms with Crippen LogP contribution >= 0.6 is 0 Å². The Kier molecular flexibility index (Phi) is 2.92. The SMILES string of the molecule is NC1CCC(O)(c2ccc3c(c2)OCCO3)CC1. The van der Waals surface area contributed by atoms with Gasteiger partial charge in [-0.05, 0) is 43.4 Å². The molecule has 0 atom stereocenters. The highest BCUT2D eigenvalue weighted by Gasteiger charge is 2.34. The molecule has 98 valence electrons. The van der Waals surface area contributed by atoms with E-state index in [0.717, 1.165) is 29.9 Å². The van der Waals surface area contributed by atoms with Gasteiger partial charge in [-0.2, -0.15) is 0 Å². The Morgan fingerprint density at radius 1 is 1.11 bits per heavy atom. The summed E-state index contributed by atoms with van der Waals surface area (Å²) in [6.07, 6.45) is 3.16. The molecule has 0 saturated heterocycles. The fourth-order valence-electron chi connectivity index (χ4n) is 2.74. The number of hydrogen-bond acceptors (Lipinski definition) is 4. The maximum Gasteiger partial charge on any atom is 0.161 e. The Hall–Kier alpha value is -1.26. The van der Waals surface area contributed by atoms with Crippen molar-refractivity contribution in [2.75, 3.05) is 13.2 Å². The first kappa shape index (κ1) is 11.8. The summed E-state index contributed by atoms with van der Waals surface area (Å²) >= 11 is 0. The molecule has 0 bridgehead atoms. The summed E-state index contributed by atoms with van der Waals surface area (Å²) in [5.41, 5.74) is 6.05. The topological polar surface area (TPSA) is 64.7 Å². The molecule has 0 spiro atoms. The average Bonchev–Trinajstić information content (AvgIpc) is 2.42. The Bertz CT molecular complexity index is 439. The molecule has 3 rings (SSSR count). The van der Waals surface area contributed by atoms with E-state index in [4.69, 9.17) is 15.2 Å². The lowest BCUT2D eigenvalue weighted by Gasteiger charge is -2.35. The van der Waals surface area contributed by atoms with Crippen LogP contribution in [0.2, 0.25) is 0 Å². The van der Waals surface area contributed by atoms with Crippen molar-refractivity contribution < 1.29 is 14.6 Å². The van der Waals surface area contributed by atoms with Crippen LogP contribution in [0.4, 0.5) is 0 Å². The quantitative estimate of drug-likeness (QED) is 0.792. The van der Waals surface area contributed by atoms with Gasteiger partial charge in [0.15, 0.2) is 11.5 Å². The smallest absolute Gasteiger partial charge is 0.161 e. The van der Waals surface area contributed by atoms with Crippen molar-refractivity contribution in [3.63, 3.8) is 0 Å². The molecule has 2 aliphatic rings. The van der Waals surface area contributed by atoms with Gasteiger partial charge in [0, 0.05) is 6.04 Å². The molecule has 4 nitrogen and oxygen atoms in total. The third kappa shape index (κ3) is 2.06. The molecule has 1 aromatic rings. The Balaban J connectivity index is 1.87. The Morgan fingerprint density at radius 2 is 1.78 bits per heavy atom. The standard InChI is InChI=1S/C14H19NO3/c15-11-3-5-14(16,6-4-11)10-1-2-12-13(9-10)18-8-7-17-12/h1-2,9,11,16H,3-8,15H2. The fraction of sp³-hybridized carbons (Fsp3) is 0.571. The molecule has 3 N–H and O–H groups in total. The van der Waals surface area contributed by atoms with Crippen LogP contribution in [-0.4, -0.2) is 24.4 Å². The zero-order valence-corrected chi connectivity index (χ0v) is 10.4. The van der Waals surface area contributed by atoms with E-state index in [1.807, 2.05) is 18.2 Å². The summed E-state index contributed by atoms with van der Waals surface area (Å²) in [4.78, 5) is 0. The molecule has 4 heteroatoms. The summed E-state index contributed by atoms with van der Waals surface area (Å²) in [7, 11) is 0. The van der Waals surface area contributed by atoms with Crippen LogP contribution in [0, 0.1) is 0 Å². The molecule has 0 aromatic heterocycles. The number of rotatable bonds is 1. The number of fused-ring (bicyclic) bond motifs is 1. The molecule has 18 heavy (non-hydrogen) atoms. The number of hydrogen-bond donors (Lipinski definition) is 2. The predicted octanol–water partition coefficient (Wildman–Crippen LogP) is 1.55. The number of ether oxygens (including phenoxy) is 2. The normalized spacial score (nSPS) is 31.1. The van der Waals surface area contributed by atoms with E-state index in [9.17, 15) is 5.11 Å². The monoisotopic (exact) mass is 249 g/mol. The van der Waals surface area contributed by atoms with Gasteiger partial charge < -0.3 is 20.3 Å². The van der Waals surface area contributed by atoms with Crippen LogP contribution in [0.1, 0.15) is 31.2 Å². The molecule has 0 amide bonds. The van der Waals surface area contributed by atoms with Crippen molar-refractivity contribution in [3.8, 4) is 11.5 Å². The lowest BCUT2D eigenvalue weighted by atomic mass is 9.78. The van der Waals surface area contributed by atoms with Crippen LogP contribution in [0.5, 0.6) is 11.5 Å². The van der Waals surface area contributed by atoms with Crippen LogP contribution in [0.25, 0.3) is 0 Å². The van der Waals surface area contributed by atoms with E-state index in [0.29, 0.717) is 26.1 Å². The van der Waals surface area contributed by atoms with Crippen LogP contribution in [-0.2, 0) is 5.60 Å². The minimum atomic E-state index is -0.758. The molecule has 1 saturated carbocycles. The van der Waals surface area contributed by atoms with Crippen LogP contribution in [0.3, 0.4) is 0 Å². The molecular weight excluding hydrogens is 230 g/mol. The van der Waals surface area contributed by atoms with Crippen molar-refractivity contribution in [1.82, 2.24) is 0 Å². The van der Waals surface area contributed by atoms with E-state index in [1.165, 1.54) is 0 Å². The molecule has 0 unspecified atom stereocenters. The van der Waals surface area contributed by atoms with E-state index in [-0.39, 0.29) is 6.04 Å². The van der Waals surface area contributed by atoms with Crippen LogP contribution in [0.15, 0.2) is 18.2 Å². The van der Waals surface area contributed by atoms with Crippen molar-refractivity contribution in [1.29, 1.82) is 0 Å². The molecule has 0 radical (unpaired) electrons. The summed E-state index contributed by atoms with van der Waals surface area (Å²) in [6.45, 7) is 1.16. The van der Waals surface area contributed by atoms with Gasteiger partial charge in [0.25, 0.3) is 0 Å². The molecule has 1 heterocycles. The zero-order chi connectivity index (χ0) is 12.6. The van der Waals surface area contributed by atoms with Crippen molar-refractivity contribution in [3.05, 3.63) is 23.8 Å². The molecule has 1 aliphatic heterocycles. The second-order valence-electron chi connectivity index (χ2n) is 5.23. The summed E-state index contributed by atoms with van der Waals surface area (Å²) in [5.74, 6) is 1.50. The third-order valence-corrected chi connectivity index (χ3v) is 3.94. The van der Waals surface area contributed by atoms with Crippen molar-refractivity contribution >= 4 is 0 Å². The second kappa shape index (κ2) is 4.44. The minimum Gasteiger partial charge on any atom is -0.486 e. The number of benzene rings is 1. The lowest BCUT2D eigenvalue weighted by Crippen LogP contribution is -2.36. The van der Waals surface area contributed by atoms with Gasteiger partial charge in [-0.1, -0.05) is 6.07 Å². The number of aliphatic hydroxyl groups is 1. The van der Waals surface area contributed by atoms with E-state index >= 15 is 0 Å². The van der Waals surface area contributed by atoms with Crippen LogP contribution < -0.4 is 15.2 Å². The largest absolute Gasteiger partial charge is 0.486 e. The Labute approximate surface area is 107 Å². The maximum absolute atomic E-state index is 10.7. The van der Waals surface area contributed by atoms with Gasteiger partial charge in [-0.25, -0.2) is 0 Å². The highest BCUT2D eigenvalue weighted by molar-refractivity contribution is 5.45. The highest BCUT2D eigenvalue weighted by atomic mass is 16.6. The summed E-state index contributed by atoms with van der Waals surface area (Å²) in [6, 6.07) is 5.95.